The van der Waals surface area contributed by atoms with Crippen molar-refractivity contribution in [2.75, 3.05) is 6.61 Å². The average molecular weight is 402 g/mol. The van der Waals surface area contributed by atoms with Crippen molar-refractivity contribution in [3.05, 3.63) is 78.4 Å². The molecular formula is C22H27NO4S. The number of sulfonamides is 1. The number of hydrogen-bond donors (Lipinski definition) is 2. The Bertz CT molecular complexity index is 896. The molecule has 4 atom stereocenters. The van der Waals surface area contributed by atoms with Crippen LogP contribution in [0.5, 0.6) is 0 Å². The highest BCUT2D eigenvalue weighted by molar-refractivity contribution is 7.89. The summed E-state index contributed by atoms with van der Waals surface area (Å²) in [6.45, 7) is 5.22. The Kier molecular flexibility index (Phi) is 6.35. The molecule has 1 fully saturated rings. The maximum atomic E-state index is 13.5. The number of hydrogen-bond acceptors (Lipinski definition) is 4. The number of nitrogens with zero attached hydrogens (tertiary/aromatic N) is 1. The molecule has 1 aliphatic heterocycles. The molecule has 0 amide bonds. The lowest BCUT2D eigenvalue weighted by atomic mass is 9.90. The van der Waals surface area contributed by atoms with Gasteiger partial charge < -0.3 is 10.2 Å². The normalized spacial score (nSPS) is 24.2. The van der Waals surface area contributed by atoms with Crippen molar-refractivity contribution in [1.29, 1.82) is 0 Å². The second-order valence-electron chi connectivity index (χ2n) is 7.32. The molecule has 28 heavy (non-hydrogen) atoms. The van der Waals surface area contributed by atoms with E-state index < -0.39 is 28.2 Å². The molecule has 1 heterocycles. The first-order chi connectivity index (χ1) is 13.4. The van der Waals surface area contributed by atoms with E-state index in [1.165, 1.54) is 4.31 Å². The molecule has 0 spiro atoms. The van der Waals surface area contributed by atoms with Crippen molar-refractivity contribution in [1.82, 2.24) is 4.31 Å². The molecule has 1 aliphatic rings. The Labute approximate surface area is 167 Å². The van der Waals surface area contributed by atoms with E-state index >= 15 is 0 Å². The summed E-state index contributed by atoms with van der Waals surface area (Å²) in [6.07, 6.45) is 1.64. The van der Waals surface area contributed by atoms with Gasteiger partial charge >= 0.3 is 0 Å². The molecule has 5 nitrogen and oxygen atoms in total. The number of benzene rings is 2. The molecular weight excluding hydrogens is 374 g/mol. The van der Waals surface area contributed by atoms with E-state index in [2.05, 4.69) is 6.58 Å². The first-order valence-corrected chi connectivity index (χ1v) is 10.9. The van der Waals surface area contributed by atoms with Gasteiger partial charge in [0.25, 0.3) is 0 Å². The number of rotatable bonds is 7. The van der Waals surface area contributed by atoms with Gasteiger partial charge in [-0.15, -0.1) is 6.58 Å². The summed E-state index contributed by atoms with van der Waals surface area (Å²) in [5.41, 5.74) is 1.82. The minimum Gasteiger partial charge on any atom is -0.395 e. The third-order valence-electron chi connectivity index (χ3n) is 5.49. The molecule has 3 rings (SSSR count). The monoisotopic (exact) mass is 401 g/mol. The van der Waals surface area contributed by atoms with Gasteiger partial charge in [0.1, 0.15) is 0 Å². The quantitative estimate of drug-likeness (QED) is 0.699. The van der Waals surface area contributed by atoms with Crippen LogP contribution in [0.25, 0.3) is 0 Å². The maximum Gasteiger partial charge on any atom is 0.243 e. The van der Waals surface area contributed by atoms with E-state index in [-0.39, 0.29) is 17.4 Å². The zero-order chi connectivity index (χ0) is 20.3. The van der Waals surface area contributed by atoms with E-state index in [0.29, 0.717) is 12.8 Å². The molecule has 0 radical (unpaired) electrons. The smallest absolute Gasteiger partial charge is 0.243 e. The molecule has 0 aliphatic carbocycles. The highest BCUT2D eigenvalue weighted by Gasteiger charge is 2.49. The van der Waals surface area contributed by atoms with Crippen molar-refractivity contribution in [3.8, 4) is 0 Å². The maximum absolute atomic E-state index is 13.5. The number of aliphatic hydroxyl groups is 2. The molecule has 2 aromatic carbocycles. The first-order valence-electron chi connectivity index (χ1n) is 9.45. The van der Waals surface area contributed by atoms with Crippen molar-refractivity contribution in [3.63, 3.8) is 0 Å². The second-order valence-corrected chi connectivity index (χ2v) is 9.16. The summed E-state index contributed by atoms with van der Waals surface area (Å²) in [4.78, 5) is 0.191. The Morgan fingerprint density at radius 3 is 2.39 bits per heavy atom. The molecule has 1 saturated heterocycles. The molecule has 2 N–H and O–H groups in total. The van der Waals surface area contributed by atoms with Gasteiger partial charge in [0.15, 0.2) is 0 Å². The Morgan fingerprint density at radius 1 is 1.18 bits per heavy atom. The van der Waals surface area contributed by atoms with Crippen LogP contribution in [0.1, 0.15) is 30.0 Å². The Balaban J connectivity index is 2.09. The zero-order valence-corrected chi connectivity index (χ0v) is 16.8. The fraction of sp³-hybridized carbons (Fsp3) is 0.364. The highest BCUT2D eigenvalue weighted by atomic mass is 32.2. The molecule has 0 bridgehead atoms. The standard InChI is InChI=1S/C22H27NO4S/c1-3-7-22(25)19-14-20(17-8-5-4-6-9-17)23(21(19)15-24)28(26,27)18-12-10-16(2)11-13-18/h3-6,8-13,19-22,24-25H,1,7,14-15H2,2H3/t19-,20+,21+,22-/m1/s1. The topological polar surface area (TPSA) is 77.8 Å². The third-order valence-corrected chi connectivity index (χ3v) is 7.44. The van der Waals surface area contributed by atoms with E-state index in [9.17, 15) is 18.6 Å². The van der Waals surface area contributed by atoms with Crippen molar-refractivity contribution < 1.29 is 18.6 Å². The summed E-state index contributed by atoms with van der Waals surface area (Å²) in [7, 11) is -3.86. The number of aryl methyl sites for hydroxylation is 1. The van der Waals surface area contributed by atoms with Crippen molar-refractivity contribution in [2.45, 2.75) is 42.8 Å². The van der Waals surface area contributed by atoms with Gasteiger partial charge in [-0.2, -0.15) is 4.31 Å². The van der Waals surface area contributed by atoms with Gasteiger partial charge in [-0.3, -0.25) is 0 Å². The van der Waals surface area contributed by atoms with Crippen LogP contribution < -0.4 is 0 Å². The largest absolute Gasteiger partial charge is 0.395 e. The van der Waals surface area contributed by atoms with Crippen LogP contribution >= 0.6 is 0 Å². The molecule has 0 unspecified atom stereocenters. The van der Waals surface area contributed by atoms with Gasteiger partial charge in [-0.25, -0.2) is 8.42 Å². The zero-order valence-electron chi connectivity index (χ0n) is 16.0. The van der Waals surface area contributed by atoms with Crippen molar-refractivity contribution in [2.24, 2.45) is 5.92 Å². The second kappa shape index (κ2) is 8.57. The van der Waals surface area contributed by atoms with Crippen LogP contribution in [0.15, 0.2) is 72.1 Å². The van der Waals surface area contributed by atoms with Gasteiger partial charge in [0, 0.05) is 5.92 Å². The Morgan fingerprint density at radius 2 is 1.82 bits per heavy atom. The summed E-state index contributed by atoms with van der Waals surface area (Å²) >= 11 is 0. The fourth-order valence-corrected chi connectivity index (χ4v) is 5.90. The predicted molar refractivity (Wildman–Crippen MR) is 109 cm³/mol. The van der Waals surface area contributed by atoms with E-state index in [1.54, 1.807) is 30.3 Å². The van der Waals surface area contributed by atoms with Gasteiger partial charge in [-0.1, -0.05) is 54.1 Å². The molecule has 150 valence electrons. The molecule has 6 heteroatoms. The summed E-state index contributed by atoms with van der Waals surface area (Å²) in [5.74, 6) is -0.381. The third kappa shape index (κ3) is 3.91. The minimum absolute atomic E-state index is 0.191. The van der Waals surface area contributed by atoms with Gasteiger partial charge in [-0.05, 0) is 37.5 Å². The molecule has 0 saturated carbocycles. The molecule has 0 aromatic heterocycles. The fourth-order valence-electron chi connectivity index (χ4n) is 4.05. The first kappa shape index (κ1) is 20.7. The van der Waals surface area contributed by atoms with Crippen LogP contribution in [0.2, 0.25) is 0 Å². The van der Waals surface area contributed by atoms with Crippen LogP contribution in [-0.2, 0) is 10.0 Å². The SMILES string of the molecule is C=CC[C@@H](O)[C@@H]1C[C@@H](c2ccccc2)N(S(=O)(=O)c2ccc(C)cc2)[C@H]1CO. The van der Waals surface area contributed by atoms with Gasteiger partial charge in [0.2, 0.25) is 10.0 Å². The van der Waals surface area contributed by atoms with Crippen LogP contribution in [0.4, 0.5) is 0 Å². The van der Waals surface area contributed by atoms with E-state index in [4.69, 9.17) is 0 Å². The predicted octanol–water partition coefficient (Wildman–Crippen LogP) is 3.04. The molecule has 2 aromatic rings. The van der Waals surface area contributed by atoms with Crippen LogP contribution in [0.3, 0.4) is 0 Å². The lowest BCUT2D eigenvalue weighted by Gasteiger charge is -2.30. The Hall–Kier alpha value is -1.99. The van der Waals surface area contributed by atoms with Gasteiger partial charge in [0.05, 0.1) is 29.7 Å². The van der Waals surface area contributed by atoms with Crippen LogP contribution in [0, 0.1) is 12.8 Å². The lowest BCUT2D eigenvalue weighted by Crippen LogP contribution is -2.43. The van der Waals surface area contributed by atoms with E-state index in [1.807, 2.05) is 37.3 Å². The minimum atomic E-state index is -3.86. The number of aliphatic hydroxyl groups excluding tert-OH is 2. The van der Waals surface area contributed by atoms with Crippen LogP contribution in [-0.4, -0.2) is 41.7 Å². The summed E-state index contributed by atoms with van der Waals surface area (Å²) < 4.78 is 28.5. The lowest BCUT2D eigenvalue weighted by molar-refractivity contribution is 0.0730. The van der Waals surface area contributed by atoms with E-state index in [0.717, 1.165) is 11.1 Å². The average Bonchev–Trinajstić information content (AvgIpc) is 3.10. The highest BCUT2D eigenvalue weighted by Crippen LogP contribution is 2.45. The summed E-state index contributed by atoms with van der Waals surface area (Å²) in [5, 5.41) is 20.7. The summed E-state index contributed by atoms with van der Waals surface area (Å²) in [6, 6.07) is 14.9. The van der Waals surface area contributed by atoms with Crippen molar-refractivity contribution >= 4 is 10.0 Å².